The molecule has 0 spiro atoms. The molecule has 30 heavy (non-hydrogen) atoms. The van der Waals surface area contributed by atoms with Crippen LogP contribution in [0, 0.1) is 0 Å². The van der Waals surface area contributed by atoms with Crippen molar-refractivity contribution >= 4 is 17.1 Å². The number of hydrogen-bond donors (Lipinski definition) is 1. The molecule has 1 fully saturated rings. The highest BCUT2D eigenvalue weighted by Crippen LogP contribution is 2.27. The standard InChI is InChI=1S/C24H22N4O2/c29-24(26-16-20-8-5-15-30-20)18-10-12-19(13-11-18)28-22(17-6-2-1-3-7-17)27-21-9-4-14-25-23(21)28/h1-4,6-7,9-14,20H,5,8,15-16H2,(H,26,29)/t20-/m0/s1. The number of imidazole rings is 1. The number of nitrogens with one attached hydrogen (secondary N) is 1. The van der Waals surface area contributed by atoms with Gasteiger partial charge in [-0.1, -0.05) is 30.3 Å². The number of carbonyl (C=O) groups excluding carboxylic acids is 1. The van der Waals surface area contributed by atoms with Gasteiger partial charge in [0.05, 0.1) is 6.10 Å². The SMILES string of the molecule is O=C(NC[C@@H]1CCCO1)c1ccc(-n2c(-c3ccccc3)nc3cccnc32)cc1. The summed E-state index contributed by atoms with van der Waals surface area (Å²) in [5, 5.41) is 2.97. The molecule has 0 saturated carbocycles. The number of benzene rings is 2. The van der Waals surface area contributed by atoms with E-state index >= 15 is 0 Å². The second-order valence-corrected chi connectivity index (χ2v) is 7.37. The molecule has 150 valence electrons. The minimum Gasteiger partial charge on any atom is -0.376 e. The van der Waals surface area contributed by atoms with Crippen LogP contribution in [0.2, 0.25) is 0 Å². The first-order valence-electron chi connectivity index (χ1n) is 10.2. The Morgan fingerprint density at radius 1 is 1.07 bits per heavy atom. The van der Waals surface area contributed by atoms with E-state index in [2.05, 4.69) is 10.3 Å². The average molecular weight is 398 g/mol. The Morgan fingerprint density at radius 3 is 2.67 bits per heavy atom. The van der Waals surface area contributed by atoms with E-state index in [0.717, 1.165) is 47.7 Å². The minimum absolute atomic E-state index is 0.0889. The number of carbonyl (C=O) groups is 1. The summed E-state index contributed by atoms with van der Waals surface area (Å²) in [5.41, 5.74) is 4.15. The van der Waals surface area contributed by atoms with Crippen molar-refractivity contribution in [1.29, 1.82) is 0 Å². The van der Waals surface area contributed by atoms with Crippen molar-refractivity contribution in [3.05, 3.63) is 78.5 Å². The van der Waals surface area contributed by atoms with Crippen LogP contribution >= 0.6 is 0 Å². The first-order valence-corrected chi connectivity index (χ1v) is 10.2. The Morgan fingerprint density at radius 2 is 1.90 bits per heavy atom. The van der Waals surface area contributed by atoms with Crippen molar-refractivity contribution in [2.45, 2.75) is 18.9 Å². The third-order valence-electron chi connectivity index (χ3n) is 5.35. The van der Waals surface area contributed by atoms with Gasteiger partial charge in [0.25, 0.3) is 5.91 Å². The molecule has 0 unspecified atom stereocenters. The van der Waals surface area contributed by atoms with Gasteiger partial charge in [-0.2, -0.15) is 0 Å². The zero-order valence-corrected chi connectivity index (χ0v) is 16.5. The molecule has 1 atom stereocenters. The van der Waals surface area contributed by atoms with E-state index in [1.54, 1.807) is 6.20 Å². The lowest BCUT2D eigenvalue weighted by atomic mass is 10.1. The van der Waals surface area contributed by atoms with Crippen molar-refractivity contribution in [2.24, 2.45) is 0 Å². The van der Waals surface area contributed by atoms with Crippen LogP contribution in [-0.4, -0.2) is 39.7 Å². The second-order valence-electron chi connectivity index (χ2n) is 7.37. The maximum absolute atomic E-state index is 12.5. The van der Waals surface area contributed by atoms with Crippen LogP contribution in [0.25, 0.3) is 28.2 Å². The fourth-order valence-electron chi connectivity index (χ4n) is 3.81. The van der Waals surface area contributed by atoms with Crippen molar-refractivity contribution in [3.63, 3.8) is 0 Å². The van der Waals surface area contributed by atoms with Gasteiger partial charge in [0.1, 0.15) is 11.3 Å². The van der Waals surface area contributed by atoms with Crippen LogP contribution in [0.15, 0.2) is 72.9 Å². The van der Waals surface area contributed by atoms with Crippen molar-refractivity contribution in [2.75, 3.05) is 13.2 Å². The van der Waals surface area contributed by atoms with E-state index in [1.165, 1.54) is 0 Å². The number of rotatable bonds is 5. The summed E-state index contributed by atoms with van der Waals surface area (Å²) >= 11 is 0. The number of ether oxygens (including phenoxy) is 1. The molecule has 6 nitrogen and oxygen atoms in total. The molecule has 0 bridgehead atoms. The van der Waals surface area contributed by atoms with Crippen LogP contribution in [-0.2, 0) is 4.74 Å². The lowest BCUT2D eigenvalue weighted by molar-refractivity contribution is 0.0858. The van der Waals surface area contributed by atoms with E-state index in [-0.39, 0.29) is 12.0 Å². The van der Waals surface area contributed by atoms with Crippen LogP contribution in [0.3, 0.4) is 0 Å². The fraction of sp³-hybridized carbons (Fsp3) is 0.208. The normalized spacial score (nSPS) is 16.1. The number of nitrogens with zero attached hydrogens (tertiary/aromatic N) is 3. The number of fused-ring (bicyclic) bond motifs is 1. The van der Waals surface area contributed by atoms with Crippen molar-refractivity contribution in [1.82, 2.24) is 19.9 Å². The highest BCUT2D eigenvalue weighted by Gasteiger charge is 2.18. The maximum Gasteiger partial charge on any atom is 0.251 e. The van der Waals surface area contributed by atoms with Gasteiger partial charge in [-0.25, -0.2) is 9.97 Å². The Kier molecular flexibility index (Phi) is 4.99. The third-order valence-corrected chi connectivity index (χ3v) is 5.35. The third kappa shape index (κ3) is 3.57. The molecule has 1 aliphatic heterocycles. The molecule has 5 rings (SSSR count). The largest absolute Gasteiger partial charge is 0.376 e. The van der Waals surface area contributed by atoms with E-state index in [0.29, 0.717) is 12.1 Å². The van der Waals surface area contributed by atoms with E-state index in [9.17, 15) is 4.79 Å². The Labute approximate surface area is 174 Å². The summed E-state index contributed by atoms with van der Waals surface area (Å²) in [5.74, 6) is 0.730. The Bertz CT molecular complexity index is 1160. The monoisotopic (exact) mass is 398 g/mol. The summed E-state index contributed by atoms with van der Waals surface area (Å²) in [6, 6.07) is 21.4. The van der Waals surface area contributed by atoms with Gasteiger partial charge >= 0.3 is 0 Å². The molecule has 2 aromatic carbocycles. The Balaban J connectivity index is 1.46. The first kappa shape index (κ1) is 18.5. The zero-order chi connectivity index (χ0) is 20.3. The molecule has 1 N–H and O–H groups in total. The average Bonchev–Trinajstić information content (AvgIpc) is 3.46. The van der Waals surface area contributed by atoms with Gasteiger partial charge in [0.15, 0.2) is 5.65 Å². The smallest absolute Gasteiger partial charge is 0.251 e. The van der Waals surface area contributed by atoms with Gasteiger partial charge in [-0.15, -0.1) is 0 Å². The molecule has 2 aromatic heterocycles. The summed E-state index contributed by atoms with van der Waals surface area (Å²) in [7, 11) is 0. The molecule has 6 heteroatoms. The molecular formula is C24H22N4O2. The predicted octanol–water partition coefficient (Wildman–Crippen LogP) is 4.00. The lowest BCUT2D eigenvalue weighted by Gasteiger charge is -2.12. The van der Waals surface area contributed by atoms with E-state index in [1.807, 2.05) is 71.3 Å². The fourth-order valence-corrected chi connectivity index (χ4v) is 3.81. The van der Waals surface area contributed by atoms with Crippen LogP contribution in [0.4, 0.5) is 0 Å². The molecule has 1 saturated heterocycles. The quantitative estimate of drug-likeness (QED) is 0.552. The van der Waals surface area contributed by atoms with E-state index < -0.39 is 0 Å². The highest BCUT2D eigenvalue weighted by molar-refractivity contribution is 5.94. The van der Waals surface area contributed by atoms with Crippen LogP contribution in [0.1, 0.15) is 23.2 Å². The highest BCUT2D eigenvalue weighted by atomic mass is 16.5. The van der Waals surface area contributed by atoms with Crippen molar-refractivity contribution in [3.8, 4) is 17.1 Å². The topological polar surface area (TPSA) is 69.0 Å². The minimum atomic E-state index is -0.0889. The van der Waals surface area contributed by atoms with E-state index in [4.69, 9.17) is 9.72 Å². The molecule has 3 heterocycles. The number of amides is 1. The van der Waals surface area contributed by atoms with Gasteiger partial charge in [0.2, 0.25) is 0 Å². The van der Waals surface area contributed by atoms with Crippen molar-refractivity contribution < 1.29 is 9.53 Å². The molecular weight excluding hydrogens is 376 g/mol. The Hall–Kier alpha value is -3.51. The van der Waals surface area contributed by atoms with Gasteiger partial charge in [-0.3, -0.25) is 9.36 Å². The summed E-state index contributed by atoms with van der Waals surface area (Å²) in [6.45, 7) is 1.33. The number of hydrogen-bond acceptors (Lipinski definition) is 4. The zero-order valence-electron chi connectivity index (χ0n) is 16.5. The lowest BCUT2D eigenvalue weighted by Crippen LogP contribution is -2.31. The molecule has 0 aliphatic carbocycles. The van der Waals surface area contributed by atoms with Gasteiger partial charge in [-0.05, 0) is 49.2 Å². The summed E-state index contributed by atoms with van der Waals surface area (Å²) in [4.78, 5) is 21.8. The maximum atomic E-state index is 12.5. The molecule has 4 aromatic rings. The predicted molar refractivity (Wildman–Crippen MR) is 116 cm³/mol. The molecule has 1 amide bonds. The van der Waals surface area contributed by atoms with Gasteiger partial charge < -0.3 is 10.1 Å². The first-order chi connectivity index (χ1) is 14.8. The number of aromatic nitrogens is 3. The number of pyridine rings is 1. The summed E-state index contributed by atoms with van der Waals surface area (Å²) < 4.78 is 7.60. The van der Waals surface area contributed by atoms with Crippen LogP contribution < -0.4 is 5.32 Å². The van der Waals surface area contributed by atoms with Crippen LogP contribution in [0.5, 0.6) is 0 Å². The molecule has 0 radical (unpaired) electrons. The molecule has 1 aliphatic rings. The summed E-state index contributed by atoms with van der Waals surface area (Å²) in [6.07, 6.45) is 3.96. The van der Waals surface area contributed by atoms with Gasteiger partial charge in [0, 0.05) is 36.2 Å². The second kappa shape index (κ2) is 8.08.